The van der Waals surface area contributed by atoms with Crippen LogP contribution in [0.2, 0.25) is 0 Å². The van der Waals surface area contributed by atoms with Gasteiger partial charge in [0.05, 0.1) is 6.10 Å². The Hall–Kier alpha value is 0.0200. The van der Waals surface area contributed by atoms with Gasteiger partial charge in [0, 0.05) is 16.7 Å². The summed E-state index contributed by atoms with van der Waals surface area (Å²) in [5.41, 5.74) is 0.601. The van der Waals surface area contributed by atoms with Gasteiger partial charge in [-0.15, -0.1) is 9.24 Å². The van der Waals surface area contributed by atoms with Crippen LogP contribution in [0.15, 0.2) is 0 Å². The summed E-state index contributed by atoms with van der Waals surface area (Å²) in [6.07, 6.45) is 6.48. The fourth-order valence-corrected chi connectivity index (χ4v) is 8.87. The number of hydrogen-bond donors (Lipinski definition) is 1. The van der Waals surface area contributed by atoms with Crippen LogP contribution in [0.4, 0.5) is 0 Å². The second-order valence-electron chi connectivity index (χ2n) is 10.4. The van der Waals surface area contributed by atoms with Crippen LogP contribution in [-0.4, -0.2) is 34.4 Å². The Bertz CT molecular complexity index is 651. The van der Waals surface area contributed by atoms with Crippen molar-refractivity contribution in [3.8, 4) is 0 Å². The van der Waals surface area contributed by atoms with E-state index in [4.69, 9.17) is 4.74 Å². The summed E-state index contributed by atoms with van der Waals surface area (Å²) in [6.45, 7) is 4.67. The van der Waals surface area contributed by atoms with Crippen LogP contribution in [-0.2, 0) is 9.53 Å². The van der Waals surface area contributed by atoms with Gasteiger partial charge < -0.3 is 9.84 Å². The van der Waals surface area contributed by atoms with Crippen LogP contribution < -0.4 is 0 Å². The molecule has 5 aliphatic carbocycles. The van der Waals surface area contributed by atoms with Gasteiger partial charge in [0.25, 0.3) is 0 Å². The van der Waals surface area contributed by atoms with Crippen molar-refractivity contribution >= 4 is 15.0 Å². The van der Waals surface area contributed by atoms with Gasteiger partial charge in [-0.3, -0.25) is 4.79 Å². The number of epoxide rings is 1. The van der Waals surface area contributed by atoms with E-state index in [2.05, 4.69) is 23.1 Å². The quantitative estimate of drug-likeness (QED) is 0.541. The molecule has 0 aromatic carbocycles. The molecule has 0 bridgehead atoms. The molecule has 1 heterocycles. The summed E-state index contributed by atoms with van der Waals surface area (Å²) >= 11 is 0. The molecule has 0 radical (unpaired) electrons. The Kier molecular flexibility index (Phi) is 2.60. The van der Waals surface area contributed by atoms with Gasteiger partial charge in [-0.05, 0) is 67.9 Å². The Morgan fingerprint density at radius 3 is 2.83 bits per heavy atom. The molecule has 4 heteroatoms. The van der Waals surface area contributed by atoms with Crippen molar-refractivity contribution in [3.63, 3.8) is 0 Å². The standard InChI is InChI=1S/C20H29O3P/c1-18-5-4-12-13(14(18)10-7-11(10)16(18)22)15(21)17-20(23-17)8-9(24)3-6-19(12,20)2/h9-15,17,21H,3-8,24H2,1-2H3/t9-,10?,11-,12?,13?,14?,15?,17+,18-,19+,20+/m0/s1. The maximum Gasteiger partial charge on any atom is 0.142 e. The predicted molar refractivity (Wildman–Crippen MR) is 93.5 cm³/mol. The molecule has 6 unspecified atom stereocenters. The van der Waals surface area contributed by atoms with E-state index in [-0.39, 0.29) is 34.6 Å². The minimum Gasteiger partial charge on any atom is -0.390 e. The Balaban J connectivity index is 1.45. The van der Waals surface area contributed by atoms with Gasteiger partial charge in [-0.25, -0.2) is 0 Å². The first-order chi connectivity index (χ1) is 11.3. The molecular formula is C20H29O3P. The lowest BCUT2D eigenvalue weighted by Gasteiger charge is -2.60. The fraction of sp³-hybridized carbons (Fsp3) is 0.950. The van der Waals surface area contributed by atoms with Crippen molar-refractivity contribution in [2.24, 2.45) is 40.4 Å². The average molecular weight is 348 g/mol. The molecule has 6 rings (SSSR count). The normalized spacial score (nSPS) is 69.1. The van der Waals surface area contributed by atoms with Crippen LogP contribution in [0, 0.1) is 40.4 Å². The average Bonchev–Trinajstić information content (AvgIpc) is 3.43. The van der Waals surface area contributed by atoms with Crippen LogP contribution in [0.5, 0.6) is 0 Å². The van der Waals surface area contributed by atoms with Crippen molar-refractivity contribution < 1.29 is 14.6 Å². The summed E-state index contributed by atoms with van der Waals surface area (Å²) < 4.78 is 6.36. The van der Waals surface area contributed by atoms with E-state index in [1.165, 1.54) is 12.8 Å². The fourth-order valence-electron chi connectivity index (χ4n) is 8.35. The molecule has 0 aromatic heterocycles. The zero-order valence-electron chi connectivity index (χ0n) is 14.7. The third-order valence-corrected chi connectivity index (χ3v) is 10.2. The number of carbonyl (C=O) groups excluding carboxylic acids is 1. The monoisotopic (exact) mass is 348 g/mol. The maximum atomic E-state index is 12.9. The summed E-state index contributed by atoms with van der Waals surface area (Å²) in [5.74, 6) is 2.66. The second-order valence-corrected chi connectivity index (χ2v) is 11.3. The zero-order chi connectivity index (χ0) is 16.6. The molecular weight excluding hydrogens is 319 g/mol. The third kappa shape index (κ3) is 1.41. The Morgan fingerprint density at radius 2 is 2.04 bits per heavy atom. The van der Waals surface area contributed by atoms with Crippen molar-refractivity contribution in [1.82, 2.24) is 0 Å². The minimum atomic E-state index is -0.352. The molecule has 1 aliphatic heterocycles. The number of ether oxygens (including phenoxy) is 1. The van der Waals surface area contributed by atoms with Gasteiger partial charge in [-0.1, -0.05) is 13.8 Å². The number of ketones is 1. The van der Waals surface area contributed by atoms with E-state index < -0.39 is 0 Å². The molecule has 0 amide bonds. The number of aliphatic hydroxyl groups excluding tert-OH is 1. The van der Waals surface area contributed by atoms with Gasteiger partial charge in [0.15, 0.2) is 0 Å². The molecule has 1 spiro atoms. The number of carbonyl (C=O) groups is 1. The van der Waals surface area contributed by atoms with Gasteiger partial charge in [-0.2, -0.15) is 0 Å². The summed E-state index contributed by atoms with van der Waals surface area (Å²) in [7, 11) is 3.00. The highest BCUT2D eigenvalue weighted by Gasteiger charge is 2.81. The SMILES string of the molecule is C[C@]12CCC3C(C(O)[C@H]4O[C@]45C[C@@H](P)CC[C@]35C)C1C1C[C@@H]1C2=O. The minimum absolute atomic E-state index is 0.0300. The van der Waals surface area contributed by atoms with E-state index in [0.29, 0.717) is 35.1 Å². The summed E-state index contributed by atoms with van der Waals surface area (Å²) in [4.78, 5) is 12.9. The molecule has 6 fully saturated rings. The van der Waals surface area contributed by atoms with E-state index in [0.717, 1.165) is 25.7 Å². The Morgan fingerprint density at radius 1 is 1.25 bits per heavy atom. The Labute approximate surface area is 146 Å². The number of aliphatic hydroxyl groups is 1. The third-order valence-electron chi connectivity index (χ3n) is 9.62. The van der Waals surface area contributed by atoms with Crippen LogP contribution in [0.1, 0.15) is 52.4 Å². The molecule has 3 nitrogen and oxygen atoms in total. The molecule has 0 aromatic rings. The van der Waals surface area contributed by atoms with E-state index >= 15 is 0 Å². The smallest absolute Gasteiger partial charge is 0.142 e. The van der Waals surface area contributed by atoms with E-state index in [9.17, 15) is 9.90 Å². The number of hydrogen-bond acceptors (Lipinski definition) is 3. The summed E-state index contributed by atoms with van der Waals surface area (Å²) in [5, 5.41) is 11.3. The zero-order valence-corrected chi connectivity index (χ0v) is 15.9. The van der Waals surface area contributed by atoms with Crippen molar-refractivity contribution in [2.45, 2.75) is 75.8 Å². The van der Waals surface area contributed by atoms with E-state index in [1.54, 1.807) is 0 Å². The van der Waals surface area contributed by atoms with Gasteiger partial charge in [0.2, 0.25) is 0 Å². The number of Topliss-reactive ketones (excluding diaryl/α,β-unsaturated/α-hetero) is 1. The van der Waals surface area contributed by atoms with Gasteiger partial charge >= 0.3 is 0 Å². The molecule has 132 valence electrons. The van der Waals surface area contributed by atoms with Crippen molar-refractivity contribution in [1.29, 1.82) is 0 Å². The van der Waals surface area contributed by atoms with Crippen LogP contribution in [0.3, 0.4) is 0 Å². The highest BCUT2D eigenvalue weighted by molar-refractivity contribution is 7.17. The second kappa shape index (κ2) is 4.12. The lowest BCUT2D eigenvalue weighted by molar-refractivity contribution is -0.153. The number of rotatable bonds is 0. The summed E-state index contributed by atoms with van der Waals surface area (Å²) in [6, 6.07) is 0. The number of fused-ring (bicyclic) bond motifs is 6. The molecule has 6 aliphatic rings. The van der Waals surface area contributed by atoms with Crippen LogP contribution >= 0.6 is 9.24 Å². The molecule has 5 saturated carbocycles. The molecule has 12 atom stereocenters. The van der Waals surface area contributed by atoms with Crippen molar-refractivity contribution in [2.75, 3.05) is 0 Å². The lowest BCUT2D eigenvalue weighted by atomic mass is 9.44. The predicted octanol–water partition coefficient (Wildman–Crippen LogP) is 2.80. The highest BCUT2D eigenvalue weighted by Crippen LogP contribution is 2.76. The largest absolute Gasteiger partial charge is 0.390 e. The van der Waals surface area contributed by atoms with E-state index in [1.807, 2.05) is 0 Å². The van der Waals surface area contributed by atoms with Gasteiger partial charge in [0.1, 0.15) is 17.5 Å². The topological polar surface area (TPSA) is 49.8 Å². The first-order valence-electron chi connectivity index (χ1n) is 9.99. The van der Waals surface area contributed by atoms with Crippen LogP contribution in [0.25, 0.3) is 0 Å². The highest BCUT2D eigenvalue weighted by atomic mass is 31.0. The molecule has 1 N–H and O–H groups in total. The van der Waals surface area contributed by atoms with Crippen molar-refractivity contribution in [3.05, 3.63) is 0 Å². The lowest BCUT2D eigenvalue weighted by Crippen LogP contribution is -2.63. The first-order valence-corrected chi connectivity index (χ1v) is 10.7. The first kappa shape index (κ1) is 15.1. The maximum absolute atomic E-state index is 12.9. The molecule has 1 saturated heterocycles. The molecule has 24 heavy (non-hydrogen) atoms.